The molecule has 0 amide bonds. The fourth-order valence-corrected chi connectivity index (χ4v) is 1.84. The van der Waals surface area contributed by atoms with Gasteiger partial charge in [-0.3, -0.25) is 0 Å². The molecule has 1 N–H and O–H groups in total. The molecule has 17 heavy (non-hydrogen) atoms. The Morgan fingerprint density at radius 1 is 1.12 bits per heavy atom. The first-order chi connectivity index (χ1) is 7.63. The van der Waals surface area contributed by atoms with Crippen molar-refractivity contribution in [2.24, 2.45) is 5.41 Å². The third-order valence-corrected chi connectivity index (χ3v) is 3.87. The van der Waals surface area contributed by atoms with Crippen molar-refractivity contribution in [2.45, 2.75) is 72.9 Å². The topological polar surface area (TPSA) is 15.3 Å². The largest absolute Gasteiger partial charge is 0.311 e. The molecule has 0 radical (unpaired) electrons. The van der Waals surface area contributed by atoms with E-state index in [9.17, 15) is 0 Å². The number of hydrogen-bond donors (Lipinski definition) is 1. The average molecular weight is 242 g/mol. The van der Waals surface area contributed by atoms with Gasteiger partial charge >= 0.3 is 0 Å². The van der Waals surface area contributed by atoms with Crippen molar-refractivity contribution in [2.75, 3.05) is 20.1 Å². The molecule has 0 aliphatic carbocycles. The van der Waals surface area contributed by atoms with Crippen molar-refractivity contribution in [3.8, 4) is 0 Å². The molecular formula is C15H34N2. The zero-order valence-corrected chi connectivity index (χ0v) is 13.4. The quantitative estimate of drug-likeness (QED) is 0.735. The lowest BCUT2D eigenvalue weighted by molar-refractivity contribution is 0.137. The molecule has 0 fully saturated rings. The lowest BCUT2D eigenvalue weighted by Crippen LogP contribution is -2.48. The van der Waals surface area contributed by atoms with Crippen LogP contribution in [-0.4, -0.2) is 36.6 Å². The van der Waals surface area contributed by atoms with E-state index in [-0.39, 0.29) is 5.54 Å². The van der Waals surface area contributed by atoms with Crippen molar-refractivity contribution in [1.82, 2.24) is 10.2 Å². The van der Waals surface area contributed by atoms with Crippen molar-refractivity contribution >= 4 is 0 Å². The molecule has 0 saturated heterocycles. The minimum atomic E-state index is 0.214. The van der Waals surface area contributed by atoms with Gasteiger partial charge in [-0.15, -0.1) is 0 Å². The summed E-state index contributed by atoms with van der Waals surface area (Å²) in [5.41, 5.74) is 0.580. The maximum atomic E-state index is 3.65. The number of nitrogens with one attached hydrogen (secondary N) is 1. The van der Waals surface area contributed by atoms with E-state index in [2.05, 4.69) is 65.7 Å². The fraction of sp³-hybridized carbons (Fsp3) is 1.00. The molecule has 104 valence electrons. The lowest BCUT2D eigenvalue weighted by atomic mass is 9.85. The third-order valence-electron chi connectivity index (χ3n) is 3.87. The van der Waals surface area contributed by atoms with E-state index in [1.807, 2.05) is 0 Å². The van der Waals surface area contributed by atoms with Crippen LogP contribution in [0.5, 0.6) is 0 Å². The molecule has 2 heteroatoms. The van der Waals surface area contributed by atoms with Gasteiger partial charge in [0.25, 0.3) is 0 Å². The molecule has 0 aromatic heterocycles. The van der Waals surface area contributed by atoms with Gasteiger partial charge in [-0.05, 0) is 53.0 Å². The van der Waals surface area contributed by atoms with Crippen molar-refractivity contribution < 1.29 is 0 Å². The van der Waals surface area contributed by atoms with Crippen molar-refractivity contribution in [3.05, 3.63) is 0 Å². The second kappa shape index (κ2) is 6.75. The van der Waals surface area contributed by atoms with Crippen LogP contribution in [0, 0.1) is 5.41 Å². The highest BCUT2D eigenvalue weighted by Gasteiger charge is 2.26. The van der Waals surface area contributed by atoms with Crippen LogP contribution < -0.4 is 5.32 Å². The van der Waals surface area contributed by atoms with Crippen LogP contribution in [0.4, 0.5) is 0 Å². The van der Waals surface area contributed by atoms with Gasteiger partial charge in [0.05, 0.1) is 0 Å². The third kappa shape index (κ3) is 7.05. The highest BCUT2D eigenvalue weighted by Crippen LogP contribution is 2.23. The zero-order chi connectivity index (χ0) is 13.7. The van der Waals surface area contributed by atoms with Gasteiger partial charge in [0, 0.05) is 24.7 Å². The minimum Gasteiger partial charge on any atom is -0.311 e. The molecule has 0 rings (SSSR count). The van der Waals surface area contributed by atoms with E-state index in [1.54, 1.807) is 0 Å². The Morgan fingerprint density at radius 3 is 2.00 bits per heavy atom. The summed E-state index contributed by atoms with van der Waals surface area (Å²) in [5.74, 6) is 0. The van der Waals surface area contributed by atoms with Gasteiger partial charge < -0.3 is 10.2 Å². The normalized spacial score (nSPS) is 18.2. The standard InChI is InChI=1S/C15H34N2/c1-9-13(3)17(8)12-15(7,10-2)11-16-14(4,5)6/h13,16H,9-12H2,1-8H3. The Labute approximate surface area is 109 Å². The van der Waals surface area contributed by atoms with Crippen LogP contribution in [0.3, 0.4) is 0 Å². The summed E-state index contributed by atoms with van der Waals surface area (Å²) in [6.07, 6.45) is 2.44. The first-order valence-electron chi connectivity index (χ1n) is 7.09. The molecule has 2 nitrogen and oxygen atoms in total. The highest BCUT2D eigenvalue weighted by molar-refractivity contribution is 4.83. The van der Waals surface area contributed by atoms with Gasteiger partial charge in [-0.25, -0.2) is 0 Å². The van der Waals surface area contributed by atoms with E-state index in [1.165, 1.54) is 19.4 Å². The van der Waals surface area contributed by atoms with E-state index >= 15 is 0 Å². The summed E-state index contributed by atoms with van der Waals surface area (Å²) in [6, 6.07) is 0.676. The Kier molecular flexibility index (Phi) is 6.71. The van der Waals surface area contributed by atoms with Crippen LogP contribution in [-0.2, 0) is 0 Å². The SMILES string of the molecule is CCC(C)N(C)CC(C)(CC)CNC(C)(C)C. The molecular weight excluding hydrogens is 208 g/mol. The second-order valence-corrected chi connectivity index (χ2v) is 6.94. The molecule has 0 bridgehead atoms. The van der Waals surface area contributed by atoms with Crippen LogP contribution in [0.15, 0.2) is 0 Å². The van der Waals surface area contributed by atoms with Crippen LogP contribution in [0.1, 0.15) is 61.3 Å². The van der Waals surface area contributed by atoms with Gasteiger partial charge in [-0.1, -0.05) is 20.8 Å². The number of rotatable bonds is 7. The molecule has 0 aliphatic heterocycles. The molecule has 0 aromatic carbocycles. The summed E-state index contributed by atoms with van der Waals surface area (Å²) in [6.45, 7) is 18.2. The zero-order valence-electron chi connectivity index (χ0n) is 13.4. The maximum absolute atomic E-state index is 3.65. The summed E-state index contributed by atoms with van der Waals surface area (Å²) < 4.78 is 0. The molecule has 0 saturated carbocycles. The Morgan fingerprint density at radius 2 is 1.65 bits per heavy atom. The van der Waals surface area contributed by atoms with E-state index in [0.29, 0.717) is 11.5 Å². The number of hydrogen-bond acceptors (Lipinski definition) is 2. The van der Waals surface area contributed by atoms with Crippen LogP contribution >= 0.6 is 0 Å². The molecule has 0 spiro atoms. The monoisotopic (exact) mass is 242 g/mol. The predicted molar refractivity (Wildman–Crippen MR) is 78.5 cm³/mol. The Bertz CT molecular complexity index is 207. The van der Waals surface area contributed by atoms with Crippen molar-refractivity contribution in [1.29, 1.82) is 0 Å². The van der Waals surface area contributed by atoms with Gasteiger partial charge in [0.1, 0.15) is 0 Å². The fourth-order valence-electron chi connectivity index (χ4n) is 1.84. The van der Waals surface area contributed by atoms with Crippen molar-refractivity contribution in [3.63, 3.8) is 0 Å². The van der Waals surface area contributed by atoms with Gasteiger partial charge in [0.2, 0.25) is 0 Å². The average Bonchev–Trinajstić information content (AvgIpc) is 2.24. The Hall–Kier alpha value is -0.0800. The predicted octanol–water partition coefficient (Wildman–Crippen LogP) is 3.52. The summed E-state index contributed by atoms with van der Waals surface area (Å²) >= 11 is 0. The van der Waals surface area contributed by atoms with E-state index in [0.717, 1.165) is 6.54 Å². The first kappa shape index (κ1) is 16.9. The summed E-state index contributed by atoms with van der Waals surface area (Å²) in [4.78, 5) is 2.49. The minimum absolute atomic E-state index is 0.214. The van der Waals surface area contributed by atoms with Gasteiger partial charge in [-0.2, -0.15) is 0 Å². The Balaban J connectivity index is 4.37. The molecule has 2 unspecified atom stereocenters. The smallest absolute Gasteiger partial charge is 0.00967 e. The van der Waals surface area contributed by atoms with Crippen LogP contribution in [0.2, 0.25) is 0 Å². The second-order valence-electron chi connectivity index (χ2n) is 6.94. The number of nitrogens with zero attached hydrogens (tertiary/aromatic N) is 1. The molecule has 0 heterocycles. The van der Waals surface area contributed by atoms with Gasteiger partial charge in [0.15, 0.2) is 0 Å². The maximum Gasteiger partial charge on any atom is 0.00967 e. The van der Waals surface area contributed by atoms with E-state index < -0.39 is 0 Å². The summed E-state index contributed by atoms with van der Waals surface area (Å²) in [5, 5.41) is 3.65. The van der Waals surface area contributed by atoms with E-state index in [4.69, 9.17) is 0 Å². The molecule has 0 aliphatic rings. The first-order valence-corrected chi connectivity index (χ1v) is 7.09. The lowest BCUT2D eigenvalue weighted by Gasteiger charge is -2.38. The molecule has 2 atom stereocenters. The summed E-state index contributed by atoms with van der Waals surface area (Å²) in [7, 11) is 2.25. The molecule has 0 aromatic rings. The highest BCUT2D eigenvalue weighted by atomic mass is 15.1. The van der Waals surface area contributed by atoms with Crippen LogP contribution in [0.25, 0.3) is 0 Å².